The molecule has 0 radical (unpaired) electrons. The molecule has 218 valence electrons. The predicted molar refractivity (Wildman–Crippen MR) is 155 cm³/mol. The lowest BCUT2D eigenvalue weighted by Gasteiger charge is -2.22. The van der Waals surface area contributed by atoms with Crippen molar-refractivity contribution in [1.29, 1.82) is 0 Å². The van der Waals surface area contributed by atoms with Crippen molar-refractivity contribution < 1.29 is 32.3 Å². The van der Waals surface area contributed by atoms with Crippen LogP contribution in [0.5, 0.6) is 5.75 Å². The summed E-state index contributed by atoms with van der Waals surface area (Å²) in [7, 11) is -2.39. The molecule has 2 atom stereocenters. The minimum atomic E-state index is -3.93. The van der Waals surface area contributed by atoms with E-state index < -0.39 is 39.8 Å². The molecule has 0 aromatic heterocycles. The Kier molecular flexibility index (Phi) is 9.38. The van der Waals surface area contributed by atoms with Gasteiger partial charge in [-0.3, -0.25) is 19.2 Å². The molecular formula is C30H30N4O7S. The fourth-order valence-corrected chi connectivity index (χ4v) is 5.56. The highest BCUT2D eigenvalue weighted by molar-refractivity contribution is 7.99. The first kappa shape index (κ1) is 30.0. The molecule has 1 aliphatic rings. The molecule has 0 spiro atoms. The maximum Gasteiger partial charge on any atom is 0.265 e. The summed E-state index contributed by atoms with van der Waals surface area (Å²) in [5.74, 6) is -1.83. The topological polar surface area (TPSA) is 174 Å². The first-order chi connectivity index (χ1) is 20.0. The van der Waals surface area contributed by atoms with Crippen LogP contribution in [0, 0.1) is 0 Å². The Bertz CT molecular complexity index is 1600. The van der Waals surface area contributed by atoms with Crippen LogP contribution in [0.2, 0.25) is 0 Å². The standard InChI is InChI=1S/C30H30N4O7S/c1-41-23-13-9-21(10-14-23)17-27(35)32-25(16-19-5-3-2-4-6-19)30(38)33-24(29(31)37)15-20-7-11-22(12-8-20)26-18-28(36)34-42(26,39)40/h2-14,18,24-25H,15-17H2,1H3,(H2,31,37)(H,32,35)(H,33,38)(H,34,36)/t24-,25-/m0/s1. The second-order valence-corrected chi connectivity index (χ2v) is 11.3. The highest BCUT2D eigenvalue weighted by atomic mass is 32.2. The first-order valence-corrected chi connectivity index (χ1v) is 14.5. The monoisotopic (exact) mass is 590 g/mol. The molecule has 1 aliphatic heterocycles. The number of amides is 4. The number of hydrogen-bond donors (Lipinski definition) is 4. The maximum atomic E-state index is 13.4. The molecule has 11 nitrogen and oxygen atoms in total. The highest BCUT2D eigenvalue weighted by Crippen LogP contribution is 2.24. The second kappa shape index (κ2) is 13.1. The average Bonchev–Trinajstić information content (AvgIpc) is 3.24. The fourth-order valence-electron chi connectivity index (χ4n) is 4.42. The van der Waals surface area contributed by atoms with Crippen molar-refractivity contribution >= 4 is 38.6 Å². The van der Waals surface area contributed by atoms with Crippen LogP contribution in [0.1, 0.15) is 22.3 Å². The van der Waals surface area contributed by atoms with Crippen LogP contribution in [-0.2, 0) is 48.5 Å². The second-order valence-electron chi connectivity index (χ2n) is 9.68. The number of carbonyl (C=O) groups excluding carboxylic acids is 4. The molecule has 42 heavy (non-hydrogen) atoms. The highest BCUT2D eigenvalue weighted by Gasteiger charge is 2.29. The van der Waals surface area contributed by atoms with Crippen molar-refractivity contribution in [3.05, 3.63) is 107 Å². The van der Waals surface area contributed by atoms with Gasteiger partial charge in [0.05, 0.1) is 13.5 Å². The third-order valence-electron chi connectivity index (χ3n) is 6.58. The molecule has 0 bridgehead atoms. The summed E-state index contributed by atoms with van der Waals surface area (Å²) in [6.07, 6.45) is 1.22. The first-order valence-electron chi connectivity index (χ1n) is 13.0. The Morgan fingerprint density at radius 3 is 2.00 bits per heavy atom. The summed E-state index contributed by atoms with van der Waals surface area (Å²) in [5, 5.41) is 5.42. The lowest BCUT2D eigenvalue weighted by molar-refractivity contribution is -0.131. The van der Waals surface area contributed by atoms with Crippen molar-refractivity contribution in [1.82, 2.24) is 15.4 Å². The van der Waals surface area contributed by atoms with Crippen LogP contribution < -0.4 is 25.8 Å². The number of hydrogen-bond acceptors (Lipinski definition) is 7. The molecule has 3 aromatic rings. The summed E-state index contributed by atoms with van der Waals surface area (Å²) in [4.78, 5) is 49.9. The molecule has 5 N–H and O–H groups in total. The minimum Gasteiger partial charge on any atom is -0.497 e. The van der Waals surface area contributed by atoms with E-state index >= 15 is 0 Å². The molecule has 0 aliphatic carbocycles. The van der Waals surface area contributed by atoms with Crippen LogP contribution in [-0.4, -0.2) is 51.2 Å². The van der Waals surface area contributed by atoms with Crippen molar-refractivity contribution in [2.24, 2.45) is 5.73 Å². The van der Waals surface area contributed by atoms with Crippen LogP contribution in [0.4, 0.5) is 0 Å². The van der Waals surface area contributed by atoms with Crippen molar-refractivity contribution in [3.8, 4) is 5.75 Å². The van der Waals surface area contributed by atoms with Crippen LogP contribution in [0.3, 0.4) is 0 Å². The smallest absolute Gasteiger partial charge is 0.265 e. The maximum absolute atomic E-state index is 13.4. The molecule has 0 unspecified atom stereocenters. The molecule has 4 rings (SSSR count). The van der Waals surface area contributed by atoms with E-state index in [0.717, 1.165) is 17.2 Å². The normalized spacial score (nSPS) is 15.1. The van der Waals surface area contributed by atoms with Gasteiger partial charge in [0.2, 0.25) is 17.7 Å². The van der Waals surface area contributed by atoms with Gasteiger partial charge in [0.1, 0.15) is 22.7 Å². The van der Waals surface area contributed by atoms with Gasteiger partial charge in [0.15, 0.2) is 0 Å². The Balaban J connectivity index is 1.46. The van der Waals surface area contributed by atoms with Gasteiger partial charge in [-0.15, -0.1) is 0 Å². The number of nitrogens with one attached hydrogen (secondary N) is 3. The van der Waals surface area contributed by atoms with E-state index in [4.69, 9.17) is 10.5 Å². The van der Waals surface area contributed by atoms with Crippen molar-refractivity contribution in [2.75, 3.05) is 7.11 Å². The van der Waals surface area contributed by atoms with Gasteiger partial charge < -0.3 is 21.1 Å². The van der Waals surface area contributed by atoms with E-state index in [2.05, 4.69) is 10.6 Å². The molecular weight excluding hydrogens is 560 g/mol. The molecule has 4 amide bonds. The fraction of sp³-hybridized carbons (Fsp3) is 0.200. The van der Waals surface area contributed by atoms with E-state index in [9.17, 15) is 27.6 Å². The van der Waals surface area contributed by atoms with Crippen LogP contribution >= 0.6 is 0 Å². The van der Waals surface area contributed by atoms with Crippen molar-refractivity contribution in [2.45, 2.75) is 31.3 Å². The summed E-state index contributed by atoms with van der Waals surface area (Å²) in [6.45, 7) is 0. The SMILES string of the molecule is COc1ccc(CC(=O)N[C@@H](Cc2ccccc2)C(=O)N[C@@H](Cc2ccc(C3=CC(=O)NS3(=O)=O)cc2)C(N)=O)cc1. The number of methoxy groups -OCH3 is 1. The Morgan fingerprint density at radius 2 is 1.43 bits per heavy atom. The predicted octanol–water partition coefficient (Wildman–Crippen LogP) is 0.979. The minimum absolute atomic E-state index is 0.0161. The lowest BCUT2D eigenvalue weighted by atomic mass is 10.0. The van der Waals surface area contributed by atoms with Gasteiger partial charge in [0.25, 0.3) is 15.9 Å². The van der Waals surface area contributed by atoms with E-state index in [1.165, 1.54) is 12.1 Å². The number of benzene rings is 3. The molecule has 0 saturated carbocycles. The number of primary amides is 1. The zero-order valence-corrected chi connectivity index (χ0v) is 23.5. The van der Waals surface area contributed by atoms with Gasteiger partial charge >= 0.3 is 0 Å². The van der Waals surface area contributed by atoms with E-state index in [1.807, 2.05) is 35.1 Å². The summed E-state index contributed by atoms with van der Waals surface area (Å²) in [5.41, 5.74) is 8.02. The third kappa shape index (κ3) is 7.82. The quantitative estimate of drug-likeness (QED) is 0.243. The largest absolute Gasteiger partial charge is 0.497 e. The number of ether oxygens (including phenoxy) is 1. The zero-order chi connectivity index (χ0) is 30.3. The lowest BCUT2D eigenvalue weighted by Crippen LogP contribution is -2.54. The Morgan fingerprint density at radius 1 is 0.833 bits per heavy atom. The Labute approximate surface area is 243 Å². The van der Waals surface area contributed by atoms with E-state index in [0.29, 0.717) is 16.9 Å². The number of sulfonamides is 1. The van der Waals surface area contributed by atoms with Crippen LogP contribution in [0.25, 0.3) is 4.91 Å². The molecule has 12 heteroatoms. The number of nitrogens with two attached hydrogens (primary N) is 1. The Hall–Kier alpha value is -4.97. The van der Waals surface area contributed by atoms with Gasteiger partial charge in [-0.1, -0.05) is 66.7 Å². The van der Waals surface area contributed by atoms with Gasteiger partial charge in [-0.25, -0.2) is 13.1 Å². The van der Waals surface area contributed by atoms with Gasteiger partial charge in [-0.2, -0.15) is 0 Å². The molecule has 0 saturated heterocycles. The van der Waals surface area contributed by atoms with E-state index in [-0.39, 0.29) is 30.1 Å². The molecule has 0 fully saturated rings. The molecule has 1 heterocycles. The summed E-state index contributed by atoms with van der Waals surface area (Å²) in [6, 6.07) is 20.2. The average molecular weight is 591 g/mol. The van der Waals surface area contributed by atoms with Gasteiger partial charge in [-0.05, 0) is 34.4 Å². The van der Waals surface area contributed by atoms with Gasteiger partial charge in [0, 0.05) is 18.9 Å². The third-order valence-corrected chi connectivity index (χ3v) is 7.99. The summed E-state index contributed by atoms with van der Waals surface area (Å²) < 4.78 is 31.2. The zero-order valence-electron chi connectivity index (χ0n) is 22.7. The number of carbonyl (C=O) groups is 4. The van der Waals surface area contributed by atoms with Crippen molar-refractivity contribution in [3.63, 3.8) is 0 Å². The van der Waals surface area contributed by atoms with Crippen LogP contribution in [0.15, 0.2) is 84.9 Å². The molecule has 3 aromatic carbocycles. The summed E-state index contributed by atoms with van der Waals surface area (Å²) >= 11 is 0. The number of rotatable bonds is 12. The van der Waals surface area contributed by atoms with E-state index in [1.54, 1.807) is 43.5 Å².